The van der Waals surface area contributed by atoms with Gasteiger partial charge in [0, 0.05) is 18.7 Å². The van der Waals surface area contributed by atoms with Gasteiger partial charge < -0.3 is 23.8 Å². The van der Waals surface area contributed by atoms with Gasteiger partial charge >= 0.3 is 0 Å². The largest absolute Gasteiger partial charge is 0.493 e. The van der Waals surface area contributed by atoms with E-state index < -0.39 is 0 Å². The number of ether oxygens (including phenoxy) is 4. The Kier molecular flexibility index (Phi) is 5.86. The molecule has 3 aromatic rings. The van der Waals surface area contributed by atoms with Gasteiger partial charge in [0.15, 0.2) is 22.4 Å². The third kappa shape index (κ3) is 3.83. The number of pyridine rings is 1. The lowest BCUT2D eigenvalue weighted by Gasteiger charge is -2.28. The van der Waals surface area contributed by atoms with Crippen molar-refractivity contribution in [2.45, 2.75) is 0 Å². The van der Waals surface area contributed by atoms with E-state index in [1.54, 1.807) is 38.6 Å². The second kappa shape index (κ2) is 8.72. The zero-order valence-electron chi connectivity index (χ0n) is 16.9. The maximum absolute atomic E-state index is 12.8. The topological polar surface area (TPSA) is 95.0 Å². The molecule has 1 aliphatic heterocycles. The number of rotatable bonds is 6. The molecule has 0 atom stereocenters. The number of fused-ring (bicyclic) bond motifs is 1. The molecular formula is C20H22N4O5S. The van der Waals surface area contributed by atoms with Gasteiger partial charge in [-0.25, -0.2) is 9.97 Å². The van der Waals surface area contributed by atoms with Gasteiger partial charge in [-0.1, -0.05) is 11.3 Å². The maximum atomic E-state index is 12.8. The number of morpholine rings is 1. The number of benzene rings is 1. The molecule has 30 heavy (non-hydrogen) atoms. The molecule has 2 aromatic heterocycles. The lowest BCUT2D eigenvalue weighted by molar-refractivity contribution is 0.102. The summed E-state index contributed by atoms with van der Waals surface area (Å²) < 4.78 is 22.2. The Morgan fingerprint density at radius 1 is 1.10 bits per heavy atom. The average Bonchev–Trinajstić information content (AvgIpc) is 3.21. The second-order valence-electron chi connectivity index (χ2n) is 6.47. The summed E-state index contributed by atoms with van der Waals surface area (Å²) in [6.45, 7) is 2.80. The summed E-state index contributed by atoms with van der Waals surface area (Å²) in [5.41, 5.74) is 1.10. The van der Waals surface area contributed by atoms with Crippen LogP contribution >= 0.6 is 11.3 Å². The molecule has 1 aromatic carbocycles. The van der Waals surface area contributed by atoms with Crippen molar-refractivity contribution in [3.63, 3.8) is 0 Å². The minimum absolute atomic E-state index is 0.296. The van der Waals surface area contributed by atoms with E-state index in [4.69, 9.17) is 18.9 Å². The Morgan fingerprint density at radius 2 is 1.83 bits per heavy atom. The fourth-order valence-electron chi connectivity index (χ4n) is 3.23. The summed E-state index contributed by atoms with van der Waals surface area (Å²) in [7, 11) is 4.65. The zero-order chi connectivity index (χ0) is 21.1. The third-order valence-electron chi connectivity index (χ3n) is 4.76. The molecule has 0 saturated carbocycles. The van der Waals surface area contributed by atoms with Crippen LogP contribution in [0.2, 0.25) is 0 Å². The molecule has 0 unspecified atom stereocenters. The van der Waals surface area contributed by atoms with Crippen LogP contribution in [0.5, 0.6) is 17.2 Å². The monoisotopic (exact) mass is 430 g/mol. The van der Waals surface area contributed by atoms with Gasteiger partial charge in [-0.15, -0.1) is 0 Å². The van der Waals surface area contributed by atoms with Gasteiger partial charge in [-0.2, -0.15) is 0 Å². The number of nitrogens with zero attached hydrogens (tertiary/aromatic N) is 3. The SMILES string of the molecule is COc1ccc(C(=O)Nc2nc3c(OC)cnc(N4CCOCC4)c3s2)cc1OC. The molecule has 158 valence electrons. The number of aromatic nitrogens is 2. The number of methoxy groups -OCH3 is 3. The Hall–Kier alpha value is -3.11. The predicted octanol–water partition coefficient (Wildman–Crippen LogP) is 2.81. The Morgan fingerprint density at radius 3 is 2.53 bits per heavy atom. The van der Waals surface area contributed by atoms with Gasteiger partial charge in [0.2, 0.25) is 0 Å². The number of anilines is 2. The molecule has 9 nitrogen and oxygen atoms in total. The lowest BCUT2D eigenvalue weighted by atomic mass is 10.2. The third-order valence-corrected chi connectivity index (χ3v) is 5.73. The standard InChI is InChI=1S/C20H22N4O5S/c1-26-13-5-4-12(10-14(13)27-2)19(25)23-20-22-16-15(28-3)11-21-18(17(16)30-20)24-6-8-29-9-7-24/h4-5,10-11H,6-9H2,1-3H3,(H,22,23,25). The minimum Gasteiger partial charge on any atom is -0.493 e. The van der Waals surface area contributed by atoms with E-state index in [0.29, 0.717) is 46.7 Å². The van der Waals surface area contributed by atoms with Crippen molar-refractivity contribution in [2.75, 3.05) is 57.8 Å². The van der Waals surface area contributed by atoms with Crippen LogP contribution in [0.1, 0.15) is 10.4 Å². The van der Waals surface area contributed by atoms with E-state index in [2.05, 4.69) is 20.2 Å². The molecule has 1 N–H and O–H groups in total. The molecule has 10 heteroatoms. The van der Waals surface area contributed by atoms with Crippen molar-refractivity contribution in [2.24, 2.45) is 0 Å². The molecule has 1 aliphatic rings. The van der Waals surface area contributed by atoms with E-state index in [1.165, 1.54) is 18.4 Å². The number of carbonyl (C=O) groups excluding carboxylic acids is 1. The van der Waals surface area contributed by atoms with Crippen molar-refractivity contribution >= 4 is 38.4 Å². The van der Waals surface area contributed by atoms with Crippen LogP contribution in [0.15, 0.2) is 24.4 Å². The van der Waals surface area contributed by atoms with Crippen molar-refractivity contribution in [1.29, 1.82) is 0 Å². The highest BCUT2D eigenvalue weighted by atomic mass is 32.1. The number of hydrogen-bond donors (Lipinski definition) is 1. The molecule has 0 aliphatic carbocycles. The molecule has 0 spiro atoms. The number of hydrogen-bond acceptors (Lipinski definition) is 9. The van der Waals surface area contributed by atoms with Crippen molar-refractivity contribution in [3.05, 3.63) is 30.0 Å². The number of carbonyl (C=O) groups is 1. The summed E-state index contributed by atoms with van der Waals surface area (Å²) in [6.07, 6.45) is 1.66. The van der Waals surface area contributed by atoms with Crippen LogP contribution < -0.4 is 24.4 Å². The van der Waals surface area contributed by atoms with Crippen molar-refractivity contribution < 1.29 is 23.7 Å². The summed E-state index contributed by atoms with van der Waals surface area (Å²) in [4.78, 5) is 24.1. The molecule has 3 heterocycles. The van der Waals surface area contributed by atoms with Gasteiger partial charge in [0.1, 0.15) is 16.0 Å². The Bertz CT molecular complexity index is 1060. The molecule has 1 amide bonds. The quantitative estimate of drug-likeness (QED) is 0.638. The van der Waals surface area contributed by atoms with Gasteiger partial charge in [-0.3, -0.25) is 10.1 Å². The number of thiazole rings is 1. The highest BCUT2D eigenvalue weighted by Crippen LogP contribution is 2.38. The summed E-state index contributed by atoms with van der Waals surface area (Å²) >= 11 is 1.36. The van der Waals surface area contributed by atoms with Gasteiger partial charge in [-0.05, 0) is 18.2 Å². The highest BCUT2D eigenvalue weighted by molar-refractivity contribution is 7.23. The molecule has 4 rings (SSSR count). The van der Waals surface area contributed by atoms with Crippen LogP contribution in [0.25, 0.3) is 10.2 Å². The van der Waals surface area contributed by atoms with E-state index in [-0.39, 0.29) is 5.91 Å². The van der Waals surface area contributed by atoms with E-state index in [9.17, 15) is 4.79 Å². The summed E-state index contributed by atoms with van der Waals surface area (Å²) in [6, 6.07) is 4.99. The molecule has 1 fully saturated rings. The maximum Gasteiger partial charge on any atom is 0.257 e. The smallest absolute Gasteiger partial charge is 0.257 e. The first kappa shape index (κ1) is 20.2. The molecule has 1 saturated heterocycles. The summed E-state index contributed by atoms with van der Waals surface area (Å²) in [5, 5.41) is 3.33. The fraction of sp³-hybridized carbons (Fsp3) is 0.350. The highest BCUT2D eigenvalue weighted by Gasteiger charge is 2.21. The van der Waals surface area contributed by atoms with Gasteiger partial charge in [0.05, 0.1) is 40.7 Å². The second-order valence-corrected chi connectivity index (χ2v) is 7.47. The van der Waals surface area contributed by atoms with Crippen LogP contribution in [0.3, 0.4) is 0 Å². The Balaban J connectivity index is 1.65. The summed E-state index contributed by atoms with van der Waals surface area (Å²) in [5.74, 6) is 2.12. The van der Waals surface area contributed by atoms with Crippen LogP contribution in [-0.4, -0.2) is 63.5 Å². The van der Waals surface area contributed by atoms with E-state index in [0.717, 1.165) is 23.6 Å². The average molecular weight is 430 g/mol. The van der Waals surface area contributed by atoms with E-state index >= 15 is 0 Å². The normalized spacial score (nSPS) is 13.9. The van der Waals surface area contributed by atoms with Crippen LogP contribution in [-0.2, 0) is 4.74 Å². The van der Waals surface area contributed by atoms with Crippen LogP contribution in [0.4, 0.5) is 10.9 Å². The number of nitrogens with one attached hydrogen (secondary N) is 1. The zero-order valence-corrected chi connectivity index (χ0v) is 17.7. The van der Waals surface area contributed by atoms with Crippen molar-refractivity contribution in [3.8, 4) is 17.2 Å². The minimum atomic E-state index is -0.296. The lowest BCUT2D eigenvalue weighted by Crippen LogP contribution is -2.36. The van der Waals surface area contributed by atoms with Crippen molar-refractivity contribution in [1.82, 2.24) is 9.97 Å². The van der Waals surface area contributed by atoms with Crippen LogP contribution in [0, 0.1) is 0 Å². The van der Waals surface area contributed by atoms with E-state index in [1.807, 2.05) is 0 Å². The molecule has 0 radical (unpaired) electrons. The predicted molar refractivity (Wildman–Crippen MR) is 114 cm³/mol. The first-order valence-corrected chi connectivity index (χ1v) is 10.2. The number of amides is 1. The van der Waals surface area contributed by atoms with Gasteiger partial charge in [0.25, 0.3) is 5.91 Å². The first-order valence-electron chi connectivity index (χ1n) is 9.34. The fourth-order valence-corrected chi connectivity index (χ4v) is 4.22. The first-order chi connectivity index (χ1) is 14.6. The molecule has 0 bridgehead atoms. The Labute approximate surface area is 177 Å². The molecular weight excluding hydrogens is 408 g/mol.